The lowest BCUT2D eigenvalue weighted by Crippen LogP contribution is -2.47. The lowest BCUT2D eigenvalue weighted by atomic mass is 10.2. The molecule has 0 aliphatic carbocycles. The molecule has 210 valence electrons. The predicted molar refractivity (Wildman–Crippen MR) is 138 cm³/mol. The average Bonchev–Trinajstić information content (AvgIpc) is 3.38. The molecule has 0 atom stereocenters. The van der Waals surface area contributed by atoms with Crippen LogP contribution in [0.3, 0.4) is 0 Å². The molecule has 12 nitrogen and oxygen atoms in total. The van der Waals surface area contributed by atoms with Gasteiger partial charge >= 0.3 is 6.18 Å². The van der Waals surface area contributed by atoms with Crippen LogP contribution in [0, 0.1) is 0 Å². The minimum atomic E-state index is -4.67. The number of morpholine rings is 1. The molecule has 2 N–H and O–H groups in total. The van der Waals surface area contributed by atoms with Gasteiger partial charge in [-0.3, -0.25) is 9.59 Å². The van der Waals surface area contributed by atoms with Gasteiger partial charge in [-0.15, -0.1) is 5.10 Å². The molecule has 3 aromatic heterocycles. The molecule has 39 heavy (non-hydrogen) atoms. The number of aromatic nitrogens is 5. The van der Waals surface area contributed by atoms with Gasteiger partial charge in [0.15, 0.2) is 5.15 Å². The summed E-state index contributed by atoms with van der Waals surface area (Å²) < 4.78 is 47.2. The second-order valence-electron chi connectivity index (χ2n) is 9.08. The minimum absolute atomic E-state index is 0.0671. The number of hydrogen-bond donors (Lipinski definition) is 2. The van der Waals surface area contributed by atoms with Crippen LogP contribution >= 0.6 is 11.6 Å². The fourth-order valence-electron chi connectivity index (χ4n) is 4.72. The Kier molecular flexibility index (Phi) is 7.64. The van der Waals surface area contributed by atoms with Gasteiger partial charge in [-0.2, -0.15) is 22.7 Å². The van der Waals surface area contributed by atoms with Gasteiger partial charge in [0.05, 0.1) is 24.6 Å². The van der Waals surface area contributed by atoms with Crippen LogP contribution in [0.25, 0.3) is 5.78 Å². The number of anilines is 3. The van der Waals surface area contributed by atoms with Gasteiger partial charge in [0.2, 0.25) is 17.6 Å². The number of piperazine rings is 1. The van der Waals surface area contributed by atoms with E-state index in [1.165, 1.54) is 4.52 Å². The molecule has 0 saturated carbocycles. The Hall–Kier alpha value is -3.43. The van der Waals surface area contributed by atoms with Crippen molar-refractivity contribution in [1.29, 1.82) is 0 Å². The van der Waals surface area contributed by atoms with Gasteiger partial charge in [0, 0.05) is 39.3 Å². The molecule has 2 saturated heterocycles. The number of halogens is 4. The number of alkyl halides is 3. The van der Waals surface area contributed by atoms with Crippen molar-refractivity contribution in [3.05, 3.63) is 39.0 Å². The topological polar surface area (TPSA) is 122 Å². The van der Waals surface area contributed by atoms with Crippen LogP contribution in [0.15, 0.2) is 16.9 Å². The quantitative estimate of drug-likeness (QED) is 0.424. The van der Waals surface area contributed by atoms with E-state index in [1.54, 1.807) is 4.57 Å². The smallest absolute Gasteiger partial charge is 0.378 e. The summed E-state index contributed by atoms with van der Waals surface area (Å²) in [6.45, 7) is 6.26. The van der Waals surface area contributed by atoms with Crippen molar-refractivity contribution in [3.63, 3.8) is 0 Å². The van der Waals surface area contributed by atoms with Gasteiger partial charge in [-0.25, -0.2) is 4.98 Å². The summed E-state index contributed by atoms with van der Waals surface area (Å²) in [5.41, 5.74) is -0.528. The number of ether oxygens (including phenoxy) is 1. The number of pyridine rings is 1. The molecule has 0 spiro atoms. The molecule has 2 aliphatic rings. The fraction of sp³-hybridized carbons (Fsp3) is 0.522. The first-order valence-corrected chi connectivity index (χ1v) is 12.9. The van der Waals surface area contributed by atoms with E-state index >= 15 is 0 Å². The normalized spacial score (nSPS) is 16.6. The number of nitrogens with one attached hydrogen (secondary N) is 2. The second-order valence-corrected chi connectivity index (χ2v) is 9.44. The Bertz CT molecular complexity index is 1430. The van der Waals surface area contributed by atoms with Crippen LogP contribution in [0.1, 0.15) is 18.3 Å². The molecule has 0 unspecified atom stereocenters. The van der Waals surface area contributed by atoms with Crippen molar-refractivity contribution in [1.82, 2.24) is 29.5 Å². The van der Waals surface area contributed by atoms with Crippen LogP contribution in [0.4, 0.5) is 30.5 Å². The van der Waals surface area contributed by atoms with Crippen molar-refractivity contribution in [2.45, 2.75) is 26.1 Å². The summed E-state index contributed by atoms with van der Waals surface area (Å²) in [4.78, 5) is 38.7. The van der Waals surface area contributed by atoms with Crippen LogP contribution in [-0.2, 0) is 28.7 Å². The highest BCUT2D eigenvalue weighted by atomic mass is 35.5. The zero-order chi connectivity index (χ0) is 27.7. The van der Waals surface area contributed by atoms with Gasteiger partial charge in [-0.05, 0) is 18.6 Å². The van der Waals surface area contributed by atoms with Crippen molar-refractivity contribution in [2.75, 3.05) is 67.6 Å². The highest BCUT2D eigenvalue weighted by molar-refractivity contribution is 6.32. The van der Waals surface area contributed by atoms with Crippen molar-refractivity contribution in [2.24, 2.45) is 0 Å². The summed E-state index contributed by atoms with van der Waals surface area (Å²) >= 11 is 5.94. The zero-order valence-corrected chi connectivity index (χ0v) is 21.8. The number of rotatable bonds is 6. The first-order chi connectivity index (χ1) is 18.7. The number of carbonyl (C=O) groups excluding carboxylic acids is 1. The van der Waals surface area contributed by atoms with E-state index in [2.05, 4.69) is 25.7 Å². The summed E-state index contributed by atoms with van der Waals surface area (Å²) in [5.74, 6) is -0.0519. The molecule has 16 heteroatoms. The SMILES string of the molecule is CCc1c(N2CCNCC2)c(=O)n2nc(N3CCOCC3)nc2n1CC(=O)Nc1ccc(C(F)(F)F)nc1Cl. The average molecular weight is 570 g/mol. The summed E-state index contributed by atoms with van der Waals surface area (Å²) in [6, 6.07) is 1.80. The molecule has 5 rings (SSSR count). The van der Waals surface area contributed by atoms with Crippen molar-refractivity contribution in [3.8, 4) is 0 Å². The van der Waals surface area contributed by atoms with Crippen LogP contribution in [0.2, 0.25) is 5.15 Å². The maximum absolute atomic E-state index is 13.7. The molecule has 0 bridgehead atoms. The third kappa shape index (κ3) is 5.51. The molecule has 2 aliphatic heterocycles. The lowest BCUT2D eigenvalue weighted by Gasteiger charge is -2.31. The van der Waals surface area contributed by atoms with Gasteiger partial charge in [0.1, 0.15) is 17.9 Å². The van der Waals surface area contributed by atoms with Gasteiger partial charge in [-0.1, -0.05) is 18.5 Å². The lowest BCUT2D eigenvalue weighted by molar-refractivity contribution is -0.141. The van der Waals surface area contributed by atoms with Gasteiger partial charge < -0.3 is 29.7 Å². The third-order valence-electron chi connectivity index (χ3n) is 6.59. The standard InChI is InChI=1S/C23H27ClF3N9O3/c1-2-15-18(33-7-5-28-6-8-33)20(38)36-22(31-21(32-36)34-9-11-39-12-10-34)35(15)13-17(37)29-14-3-4-16(23(25,26)27)30-19(14)24/h3-4,28H,2,5-13H2,1H3,(H,29,37). The number of fused-ring (bicyclic) bond motifs is 1. The van der Waals surface area contributed by atoms with Gasteiger partial charge in [0.25, 0.3) is 5.56 Å². The number of nitrogens with zero attached hydrogens (tertiary/aromatic N) is 7. The van der Waals surface area contributed by atoms with Crippen molar-refractivity contribution >= 4 is 40.6 Å². The minimum Gasteiger partial charge on any atom is -0.378 e. The Morgan fingerprint density at radius 3 is 2.49 bits per heavy atom. The maximum atomic E-state index is 13.7. The third-order valence-corrected chi connectivity index (χ3v) is 6.88. The summed E-state index contributed by atoms with van der Waals surface area (Å²) in [5, 5.41) is 9.80. The maximum Gasteiger partial charge on any atom is 0.433 e. The largest absolute Gasteiger partial charge is 0.433 e. The van der Waals surface area contributed by atoms with E-state index in [0.717, 1.165) is 12.1 Å². The number of hydrogen-bond acceptors (Lipinski definition) is 9. The van der Waals surface area contributed by atoms with E-state index in [-0.39, 0.29) is 23.6 Å². The van der Waals surface area contributed by atoms with E-state index in [9.17, 15) is 22.8 Å². The van der Waals surface area contributed by atoms with Crippen LogP contribution < -0.4 is 26.0 Å². The number of carbonyl (C=O) groups is 1. The van der Waals surface area contributed by atoms with E-state index in [1.807, 2.05) is 16.7 Å². The monoisotopic (exact) mass is 569 g/mol. The molecule has 0 aromatic carbocycles. The molecule has 2 fully saturated rings. The first kappa shape index (κ1) is 27.1. The summed E-state index contributed by atoms with van der Waals surface area (Å²) in [6.07, 6.45) is -4.25. The zero-order valence-electron chi connectivity index (χ0n) is 21.1. The Morgan fingerprint density at radius 2 is 1.85 bits per heavy atom. The highest BCUT2D eigenvalue weighted by Gasteiger charge is 2.33. The predicted octanol–water partition coefficient (Wildman–Crippen LogP) is 1.41. The van der Waals surface area contributed by atoms with Crippen molar-refractivity contribution < 1.29 is 22.7 Å². The fourth-order valence-corrected chi connectivity index (χ4v) is 4.92. The molecule has 5 heterocycles. The highest BCUT2D eigenvalue weighted by Crippen LogP contribution is 2.31. The Morgan fingerprint density at radius 1 is 1.13 bits per heavy atom. The Labute approximate surface area is 225 Å². The van der Waals surface area contributed by atoms with E-state index in [0.29, 0.717) is 76.2 Å². The molecule has 1 amide bonds. The van der Waals surface area contributed by atoms with E-state index in [4.69, 9.17) is 16.3 Å². The molecular weight excluding hydrogens is 543 g/mol. The molecule has 3 aromatic rings. The Balaban J connectivity index is 1.55. The second kappa shape index (κ2) is 11.0. The van der Waals surface area contributed by atoms with Crippen LogP contribution in [0.5, 0.6) is 0 Å². The molecule has 0 radical (unpaired) electrons. The summed E-state index contributed by atoms with van der Waals surface area (Å²) in [7, 11) is 0. The number of amides is 1. The van der Waals surface area contributed by atoms with E-state index < -0.39 is 22.9 Å². The first-order valence-electron chi connectivity index (χ1n) is 12.5. The molecular formula is C23H27ClF3N9O3. The van der Waals surface area contributed by atoms with Crippen LogP contribution in [-0.4, -0.2) is 82.5 Å².